The van der Waals surface area contributed by atoms with Crippen molar-refractivity contribution in [3.8, 4) is 5.75 Å². The SMILES string of the molecule is OCCNc1nc(Nc2cc(O)ccc2Cl)c2cnn(CC(Cl)c3ccccc3)c2n1. The maximum absolute atomic E-state index is 9.81. The van der Waals surface area contributed by atoms with Crippen LogP contribution in [0.4, 0.5) is 17.5 Å². The summed E-state index contributed by atoms with van der Waals surface area (Å²) in [5, 5.41) is 30.3. The van der Waals surface area contributed by atoms with E-state index in [0.29, 0.717) is 40.1 Å². The van der Waals surface area contributed by atoms with E-state index in [1.165, 1.54) is 12.1 Å². The van der Waals surface area contributed by atoms with Gasteiger partial charge in [-0.05, 0) is 17.7 Å². The van der Waals surface area contributed by atoms with E-state index in [9.17, 15) is 5.11 Å². The summed E-state index contributed by atoms with van der Waals surface area (Å²) in [6, 6.07) is 14.3. The molecule has 2 aromatic carbocycles. The molecule has 1 unspecified atom stereocenters. The van der Waals surface area contributed by atoms with E-state index in [-0.39, 0.29) is 24.3 Å². The Labute approximate surface area is 188 Å². The second-order valence-corrected chi connectivity index (χ2v) is 7.71. The number of rotatable bonds is 8. The molecule has 0 aliphatic heterocycles. The van der Waals surface area contributed by atoms with E-state index in [1.54, 1.807) is 16.9 Å². The lowest BCUT2D eigenvalue weighted by molar-refractivity contribution is 0.311. The Hall–Kier alpha value is -3.07. The van der Waals surface area contributed by atoms with E-state index in [0.717, 1.165) is 5.56 Å². The number of nitrogens with zero attached hydrogens (tertiary/aromatic N) is 4. The highest BCUT2D eigenvalue weighted by Gasteiger charge is 2.17. The molecule has 8 nitrogen and oxygen atoms in total. The van der Waals surface area contributed by atoms with Crippen LogP contribution in [0, 0.1) is 0 Å². The van der Waals surface area contributed by atoms with Gasteiger partial charge in [0, 0.05) is 12.6 Å². The van der Waals surface area contributed by atoms with Crippen LogP contribution in [-0.2, 0) is 6.54 Å². The van der Waals surface area contributed by atoms with Crippen molar-refractivity contribution in [2.45, 2.75) is 11.9 Å². The number of aliphatic hydroxyl groups excluding tert-OH is 1. The first kappa shape index (κ1) is 21.2. The molecule has 4 aromatic rings. The zero-order valence-corrected chi connectivity index (χ0v) is 17.8. The van der Waals surface area contributed by atoms with Crippen molar-refractivity contribution in [2.24, 2.45) is 0 Å². The van der Waals surface area contributed by atoms with E-state index < -0.39 is 0 Å². The van der Waals surface area contributed by atoms with Crippen molar-refractivity contribution in [2.75, 3.05) is 23.8 Å². The molecule has 0 radical (unpaired) electrons. The summed E-state index contributed by atoms with van der Waals surface area (Å²) in [5.41, 5.74) is 2.03. The summed E-state index contributed by atoms with van der Waals surface area (Å²) < 4.78 is 1.71. The molecule has 160 valence electrons. The van der Waals surface area contributed by atoms with Gasteiger partial charge in [-0.15, -0.1) is 11.6 Å². The van der Waals surface area contributed by atoms with Crippen LogP contribution >= 0.6 is 23.2 Å². The van der Waals surface area contributed by atoms with Crippen molar-refractivity contribution in [3.05, 3.63) is 65.3 Å². The summed E-state index contributed by atoms with van der Waals surface area (Å²) in [5.74, 6) is 0.835. The van der Waals surface area contributed by atoms with Gasteiger partial charge in [0.1, 0.15) is 11.6 Å². The first-order valence-corrected chi connectivity index (χ1v) is 10.4. The predicted octanol–water partition coefficient (Wildman–Crippen LogP) is 4.31. The van der Waals surface area contributed by atoms with Crippen LogP contribution in [0.5, 0.6) is 5.75 Å². The van der Waals surface area contributed by atoms with Gasteiger partial charge in [0.25, 0.3) is 0 Å². The highest BCUT2D eigenvalue weighted by Crippen LogP contribution is 2.32. The molecule has 0 fully saturated rings. The van der Waals surface area contributed by atoms with Crippen molar-refractivity contribution in [1.29, 1.82) is 0 Å². The number of phenolic OH excluding ortho intramolecular Hbond substituents is 1. The van der Waals surface area contributed by atoms with Crippen LogP contribution in [0.15, 0.2) is 54.7 Å². The Balaban J connectivity index is 1.72. The van der Waals surface area contributed by atoms with Crippen molar-refractivity contribution in [3.63, 3.8) is 0 Å². The second kappa shape index (κ2) is 9.38. The number of hydrogen-bond acceptors (Lipinski definition) is 7. The Bertz CT molecular complexity index is 1190. The third-order valence-electron chi connectivity index (χ3n) is 4.59. The molecule has 2 heterocycles. The molecule has 0 spiro atoms. The van der Waals surface area contributed by atoms with Gasteiger partial charge in [0.2, 0.25) is 5.95 Å². The van der Waals surface area contributed by atoms with E-state index >= 15 is 0 Å². The van der Waals surface area contributed by atoms with Gasteiger partial charge >= 0.3 is 0 Å². The fourth-order valence-electron chi connectivity index (χ4n) is 3.09. The fraction of sp³-hybridized carbons (Fsp3) is 0.190. The molecule has 0 amide bonds. The van der Waals surface area contributed by atoms with Crippen LogP contribution in [0.1, 0.15) is 10.9 Å². The zero-order chi connectivity index (χ0) is 21.8. The molecule has 4 rings (SSSR count). The van der Waals surface area contributed by atoms with Crippen LogP contribution in [0.25, 0.3) is 11.0 Å². The van der Waals surface area contributed by atoms with Crippen molar-refractivity contribution in [1.82, 2.24) is 19.7 Å². The summed E-state index contributed by atoms with van der Waals surface area (Å²) >= 11 is 12.9. The first-order valence-electron chi connectivity index (χ1n) is 9.58. The minimum Gasteiger partial charge on any atom is -0.508 e. The topological polar surface area (TPSA) is 108 Å². The highest BCUT2D eigenvalue weighted by molar-refractivity contribution is 6.33. The lowest BCUT2D eigenvalue weighted by Crippen LogP contribution is -2.12. The number of alkyl halides is 1. The van der Waals surface area contributed by atoms with E-state index in [4.69, 9.17) is 28.3 Å². The quantitative estimate of drug-likeness (QED) is 0.291. The average molecular weight is 459 g/mol. The molecule has 0 aliphatic rings. The summed E-state index contributed by atoms with van der Waals surface area (Å²) in [4.78, 5) is 9.03. The molecule has 0 saturated heterocycles. The van der Waals surface area contributed by atoms with Gasteiger partial charge < -0.3 is 20.8 Å². The Morgan fingerprint density at radius 2 is 1.90 bits per heavy atom. The number of benzene rings is 2. The molecule has 10 heteroatoms. The molecule has 0 saturated carbocycles. The zero-order valence-electron chi connectivity index (χ0n) is 16.3. The molecular formula is C21H20Cl2N6O2. The number of aromatic nitrogens is 4. The Morgan fingerprint density at radius 3 is 2.68 bits per heavy atom. The fourth-order valence-corrected chi connectivity index (χ4v) is 3.53. The van der Waals surface area contributed by atoms with Gasteiger partial charge in [-0.25, -0.2) is 4.68 Å². The minimum atomic E-state index is -0.301. The largest absolute Gasteiger partial charge is 0.508 e. The molecule has 0 bridgehead atoms. The van der Waals surface area contributed by atoms with Gasteiger partial charge in [0.15, 0.2) is 5.65 Å². The molecule has 2 aromatic heterocycles. The average Bonchev–Trinajstić information content (AvgIpc) is 3.18. The highest BCUT2D eigenvalue weighted by atomic mass is 35.5. The molecule has 1 atom stereocenters. The number of hydrogen-bond donors (Lipinski definition) is 4. The monoisotopic (exact) mass is 458 g/mol. The van der Waals surface area contributed by atoms with E-state index in [2.05, 4.69) is 25.7 Å². The maximum Gasteiger partial charge on any atom is 0.226 e. The number of nitrogens with one attached hydrogen (secondary N) is 2. The van der Waals surface area contributed by atoms with Crippen LogP contribution in [-0.4, -0.2) is 43.1 Å². The Kier molecular flexibility index (Phi) is 6.41. The maximum atomic E-state index is 9.81. The second-order valence-electron chi connectivity index (χ2n) is 6.78. The van der Waals surface area contributed by atoms with Crippen LogP contribution in [0.2, 0.25) is 5.02 Å². The Morgan fingerprint density at radius 1 is 1.10 bits per heavy atom. The predicted molar refractivity (Wildman–Crippen MR) is 122 cm³/mol. The van der Waals surface area contributed by atoms with Crippen molar-refractivity contribution >= 4 is 51.7 Å². The lowest BCUT2D eigenvalue weighted by atomic mass is 10.1. The molecule has 31 heavy (non-hydrogen) atoms. The number of anilines is 3. The van der Waals surface area contributed by atoms with Crippen LogP contribution < -0.4 is 10.6 Å². The third-order valence-corrected chi connectivity index (χ3v) is 5.31. The summed E-state index contributed by atoms with van der Waals surface area (Å²) in [6.07, 6.45) is 1.65. The number of fused-ring (bicyclic) bond motifs is 1. The molecule has 0 aliphatic carbocycles. The van der Waals surface area contributed by atoms with Gasteiger partial charge in [-0.1, -0.05) is 41.9 Å². The standard InChI is InChI=1S/C21H20Cl2N6O2/c22-16-7-6-14(31)10-18(16)26-19-15-11-25-29(12-17(23)13-4-2-1-3-5-13)20(15)28-21(27-19)24-8-9-30/h1-7,10-11,17,30-31H,8-9,12H2,(H2,24,26,27,28). The summed E-state index contributed by atoms with van der Waals surface area (Å²) in [6.45, 7) is 0.617. The number of halogens is 2. The van der Waals surface area contributed by atoms with Gasteiger partial charge in [-0.2, -0.15) is 15.1 Å². The van der Waals surface area contributed by atoms with Crippen molar-refractivity contribution < 1.29 is 10.2 Å². The summed E-state index contributed by atoms with van der Waals surface area (Å²) in [7, 11) is 0. The lowest BCUT2D eigenvalue weighted by Gasteiger charge is -2.13. The normalized spacial score (nSPS) is 12.1. The third kappa shape index (κ3) is 4.82. The first-order chi connectivity index (χ1) is 15.0. The number of aliphatic hydroxyl groups is 1. The molecule has 4 N–H and O–H groups in total. The molecular weight excluding hydrogens is 439 g/mol. The smallest absolute Gasteiger partial charge is 0.226 e. The van der Waals surface area contributed by atoms with E-state index in [1.807, 2.05) is 30.3 Å². The van der Waals surface area contributed by atoms with Crippen LogP contribution in [0.3, 0.4) is 0 Å². The number of aromatic hydroxyl groups is 1. The van der Waals surface area contributed by atoms with Gasteiger partial charge in [-0.3, -0.25) is 0 Å². The number of phenols is 1. The van der Waals surface area contributed by atoms with Gasteiger partial charge in [0.05, 0.1) is 40.8 Å². The minimum absolute atomic E-state index is 0.0689.